The summed E-state index contributed by atoms with van der Waals surface area (Å²) in [6, 6.07) is 20.5. The molecule has 0 amide bonds. The first kappa shape index (κ1) is 21.4. The molecule has 164 valence electrons. The highest BCUT2D eigenvalue weighted by Gasteiger charge is 2.24. The first-order valence-electron chi connectivity index (χ1n) is 10.9. The fraction of sp³-hybridized carbons (Fsp3) is 0.400. The molecule has 3 aromatic rings. The monoisotopic (exact) mass is 421 g/mol. The zero-order valence-electron chi connectivity index (χ0n) is 18.4. The minimum atomic E-state index is 0.0174. The molecule has 0 spiro atoms. The lowest BCUT2D eigenvalue weighted by Gasteiger charge is -2.32. The van der Waals surface area contributed by atoms with Gasteiger partial charge in [-0.2, -0.15) is 5.10 Å². The van der Waals surface area contributed by atoms with E-state index >= 15 is 0 Å². The molecule has 1 aromatic heterocycles. The Morgan fingerprint density at radius 1 is 1.03 bits per heavy atom. The molecule has 0 unspecified atom stereocenters. The number of hydrogen-bond acceptors (Lipinski definition) is 5. The Labute approximate surface area is 184 Å². The van der Waals surface area contributed by atoms with Crippen molar-refractivity contribution in [2.24, 2.45) is 7.05 Å². The summed E-state index contributed by atoms with van der Waals surface area (Å²) in [5, 5.41) is 4.73. The topological polar surface area (TPSA) is 48.8 Å². The molecule has 6 heteroatoms. The van der Waals surface area contributed by atoms with Crippen molar-refractivity contribution < 1.29 is 14.2 Å². The number of rotatable bonds is 9. The third-order valence-electron chi connectivity index (χ3n) is 5.70. The van der Waals surface area contributed by atoms with Crippen LogP contribution in [0.15, 0.2) is 60.7 Å². The number of methoxy groups -OCH3 is 1. The van der Waals surface area contributed by atoms with E-state index in [9.17, 15) is 0 Å². The standard InChI is InChI=1S/C25H31N3O3/c1-27-21(12-15-30-23-10-6-9-22(18-23)29-2)17-24(26-27)25-19-28(14-16-31-25)13-11-20-7-4-3-5-8-20/h3-10,17-18,25H,11-16,19H2,1-2H3/t25-/m0/s1. The average Bonchev–Trinajstić information content (AvgIpc) is 3.19. The van der Waals surface area contributed by atoms with E-state index in [1.807, 2.05) is 36.0 Å². The molecule has 1 atom stereocenters. The van der Waals surface area contributed by atoms with Gasteiger partial charge in [0.1, 0.15) is 17.6 Å². The number of aromatic nitrogens is 2. The molecule has 4 rings (SSSR count). The molecule has 1 fully saturated rings. The van der Waals surface area contributed by atoms with Gasteiger partial charge in [0.05, 0.1) is 26.0 Å². The van der Waals surface area contributed by atoms with E-state index < -0.39 is 0 Å². The Morgan fingerprint density at radius 2 is 1.87 bits per heavy atom. The van der Waals surface area contributed by atoms with Crippen molar-refractivity contribution in [3.8, 4) is 11.5 Å². The van der Waals surface area contributed by atoms with E-state index in [-0.39, 0.29) is 6.10 Å². The van der Waals surface area contributed by atoms with Gasteiger partial charge in [0, 0.05) is 44.9 Å². The maximum Gasteiger partial charge on any atom is 0.123 e. The molecule has 31 heavy (non-hydrogen) atoms. The normalized spacial score (nSPS) is 16.9. The van der Waals surface area contributed by atoms with E-state index in [0.29, 0.717) is 6.61 Å². The number of benzene rings is 2. The van der Waals surface area contributed by atoms with Crippen molar-refractivity contribution in [3.63, 3.8) is 0 Å². The molecular formula is C25H31N3O3. The molecule has 1 saturated heterocycles. The van der Waals surface area contributed by atoms with Crippen molar-refractivity contribution in [2.45, 2.75) is 18.9 Å². The molecule has 1 aliphatic heterocycles. The fourth-order valence-corrected chi connectivity index (χ4v) is 3.90. The summed E-state index contributed by atoms with van der Waals surface area (Å²) in [7, 11) is 3.65. The van der Waals surface area contributed by atoms with Crippen LogP contribution in [0.3, 0.4) is 0 Å². The quantitative estimate of drug-likeness (QED) is 0.528. The molecule has 0 bridgehead atoms. The van der Waals surface area contributed by atoms with Crippen LogP contribution in [0.1, 0.15) is 23.1 Å². The molecule has 1 aliphatic rings. The lowest BCUT2D eigenvalue weighted by Crippen LogP contribution is -2.39. The Balaban J connectivity index is 1.30. The zero-order valence-corrected chi connectivity index (χ0v) is 18.4. The third kappa shape index (κ3) is 5.87. The van der Waals surface area contributed by atoms with Crippen molar-refractivity contribution in [1.29, 1.82) is 0 Å². The molecule has 0 N–H and O–H groups in total. The van der Waals surface area contributed by atoms with E-state index in [1.165, 1.54) is 5.56 Å². The van der Waals surface area contributed by atoms with Crippen LogP contribution in [0, 0.1) is 0 Å². The van der Waals surface area contributed by atoms with Gasteiger partial charge >= 0.3 is 0 Å². The summed E-state index contributed by atoms with van der Waals surface area (Å²) in [6.45, 7) is 4.21. The zero-order chi connectivity index (χ0) is 21.5. The summed E-state index contributed by atoms with van der Waals surface area (Å²) in [5.41, 5.74) is 3.52. The van der Waals surface area contributed by atoms with Crippen LogP contribution >= 0.6 is 0 Å². The molecule has 0 aliphatic carbocycles. The number of morpholine rings is 1. The Bertz CT molecular complexity index is 958. The van der Waals surface area contributed by atoms with Gasteiger partial charge in [-0.1, -0.05) is 36.4 Å². The number of ether oxygens (including phenoxy) is 3. The van der Waals surface area contributed by atoms with Gasteiger partial charge in [-0.3, -0.25) is 9.58 Å². The van der Waals surface area contributed by atoms with E-state index in [2.05, 4.69) is 41.3 Å². The Hall–Kier alpha value is -2.83. The summed E-state index contributed by atoms with van der Waals surface area (Å²) in [5.74, 6) is 1.61. The average molecular weight is 422 g/mol. The van der Waals surface area contributed by atoms with Gasteiger partial charge in [-0.05, 0) is 30.2 Å². The largest absolute Gasteiger partial charge is 0.497 e. The Morgan fingerprint density at radius 3 is 2.71 bits per heavy atom. The number of nitrogens with zero attached hydrogens (tertiary/aromatic N) is 3. The van der Waals surface area contributed by atoms with Crippen molar-refractivity contribution >= 4 is 0 Å². The molecule has 0 radical (unpaired) electrons. The first-order valence-corrected chi connectivity index (χ1v) is 10.9. The lowest BCUT2D eigenvalue weighted by molar-refractivity contribution is -0.0318. The minimum absolute atomic E-state index is 0.0174. The predicted octanol–water partition coefficient (Wildman–Crippen LogP) is 3.67. The van der Waals surface area contributed by atoms with Gasteiger partial charge in [-0.15, -0.1) is 0 Å². The number of hydrogen-bond donors (Lipinski definition) is 0. The Kier molecular flexibility index (Phi) is 7.22. The van der Waals surface area contributed by atoms with Gasteiger partial charge in [0.25, 0.3) is 0 Å². The van der Waals surface area contributed by atoms with E-state index in [0.717, 1.165) is 62.0 Å². The van der Waals surface area contributed by atoms with Gasteiger partial charge in [-0.25, -0.2) is 0 Å². The lowest BCUT2D eigenvalue weighted by atomic mass is 10.1. The second-order valence-corrected chi connectivity index (χ2v) is 7.86. The fourth-order valence-electron chi connectivity index (χ4n) is 3.90. The van der Waals surface area contributed by atoms with Crippen LogP contribution in [0.25, 0.3) is 0 Å². The van der Waals surface area contributed by atoms with Crippen molar-refractivity contribution in [2.75, 3.05) is 40.0 Å². The first-order chi connectivity index (χ1) is 15.2. The summed E-state index contributed by atoms with van der Waals surface area (Å²) in [6.07, 6.45) is 1.86. The number of aryl methyl sites for hydroxylation is 1. The SMILES string of the molecule is COc1cccc(OCCc2cc([C@@H]3CN(CCc4ccccc4)CCO3)nn2C)c1. The third-order valence-corrected chi connectivity index (χ3v) is 5.70. The van der Waals surface area contributed by atoms with Crippen molar-refractivity contribution in [1.82, 2.24) is 14.7 Å². The predicted molar refractivity (Wildman–Crippen MR) is 121 cm³/mol. The molecule has 2 aromatic carbocycles. The van der Waals surface area contributed by atoms with E-state index in [1.54, 1.807) is 7.11 Å². The maximum absolute atomic E-state index is 6.05. The smallest absolute Gasteiger partial charge is 0.123 e. The summed E-state index contributed by atoms with van der Waals surface area (Å²) in [4.78, 5) is 2.47. The van der Waals surface area contributed by atoms with Gasteiger partial charge < -0.3 is 14.2 Å². The molecule has 0 saturated carbocycles. The second-order valence-electron chi connectivity index (χ2n) is 7.86. The van der Waals surface area contributed by atoms with Crippen LogP contribution < -0.4 is 9.47 Å². The van der Waals surface area contributed by atoms with E-state index in [4.69, 9.17) is 19.3 Å². The highest BCUT2D eigenvalue weighted by molar-refractivity contribution is 5.32. The van der Waals surface area contributed by atoms with Crippen LogP contribution in [-0.4, -0.2) is 54.6 Å². The molecular weight excluding hydrogens is 390 g/mol. The maximum atomic E-state index is 6.05. The second kappa shape index (κ2) is 10.5. The molecule has 6 nitrogen and oxygen atoms in total. The minimum Gasteiger partial charge on any atom is -0.497 e. The van der Waals surface area contributed by atoms with Crippen LogP contribution in [0.4, 0.5) is 0 Å². The van der Waals surface area contributed by atoms with Gasteiger partial charge in [0.15, 0.2) is 0 Å². The van der Waals surface area contributed by atoms with Crippen LogP contribution in [-0.2, 0) is 24.6 Å². The van der Waals surface area contributed by atoms with Gasteiger partial charge in [0.2, 0.25) is 0 Å². The van der Waals surface area contributed by atoms with Crippen LogP contribution in [0.2, 0.25) is 0 Å². The van der Waals surface area contributed by atoms with Crippen LogP contribution in [0.5, 0.6) is 11.5 Å². The highest BCUT2D eigenvalue weighted by Crippen LogP contribution is 2.23. The summed E-state index contributed by atoms with van der Waals surface area (Å²) >= 11 is 0. The summed E-state index contributed by atoms with van der Waals surface area (Å²) < 4.78 is 19.1. The molecule has 2 heterocycles. The van der Waals surface area contributed by atoms with Crippen molar-refractivity contribution in [3.05, 3.63) is 77.6 Å². The highest BCUT2D eigenvalue weighted by atomic mass is 16.5.